The van der Waals surface area contributed by atoms with E-state index in [9.17, 15) is 13.2 Å². The van der Waals surface area contributed by atoms with Gasteiger partial charge in [0.25, 0.3) is 0 Å². The van der Waals surface area contributed by atoms with Crippen LogP contribution >= 0.6 is 0 Å². The van der Waals surface area contributed by atoms with E-state index in [-0.39, 0.29) is 12.6 Å². The third-order valence-corrected chi connectivity index (χ3v) is 2.83. The van der Waals surface area contributed by atoms with Gasteiger partial charge >= 0.3 is 6.36 Å². The predicted molar refractivity (Wildman–Crippen MR) is 70.7 cm³/mol. The first kappa shape index (κ1) is 16.8. The van der Waals surface area contributed by atoms with Crippen LogP contribution in [0, 0.1) is 6.92 Å². The summed E-state index contributed by atoms with van der Waals surface area (Å²) in [6.07, 6.45) is -3.16. The van der Waals surface area contributed by atoms with Crippen LogP contribution in [0.5, 0.6) is 5.75 Å². The second-order valence-electron chi connectivity index (χ2n) is 4.63. The van der Waals surface area contributed by atoms with Gasteiger partial charge in [0.2, 0.25) is 0 Å². The standard InChI is InChI=1S/C14H20F3NO2/c1-3-12(18)9-11-8-10(2)4-5-13(11)19-6-7-20-14(15,16)17/h4-5,8,12H,3,6-7,9,18H2,1-2H3. The van der Waals surface area contributed by atoms with E-state index in [0.29, 0.717) is 12.2 Å². The Balaban J connectivity index is 2.60. The maximum Gasteiger partial charge on any atom is 0.522 e. The molecule has 0 radical (unpaired) electrons. The second kappa shape index (κ2) is 7.50. The van der Waals surface area contributed by atoms with Crippen LogP contribution in [0.3, 0.4) is 0 Å². The zero-order chi connectivity index (χ0) is 15.2. The zero-order valence-corrected chi connectivity index (χ0v) is 11.7. The van der Waals surface area contributed by atoms with Crippen molar-refractivity contribution in [3.63, 3.8) is 0 Å². The Morgan fingerprint density at radius 3 is 2.55 bits per heavy atom. The number of nitrogens with two attached hydrogens (primary N) is 1. The fourth-order valence-electron chi connectivity index (χ4n) is 1.74. The van der Waals surface area contributed by atoms with Crippen LogP contribution in [0.25, 0.3) is 0 Å². The second-order valence-corrected chi connectivity index (χ2v) is 4.63. The molecule has 0 aromatic heterocycles. The van der Waals surface area contributed by atoms with Gasteiger partial charge in [0.05, 0.1) is 6.61 Å². The maximum absolute atomic E-state index is 11.8. The van der Waals surface area contributed by atoms with Gasteiger partial charge in [-0.25, -0.2) is 0 Å². The van der Waals surface area contributed by atoms with E-state index in [1.54, 1.807) is 6.07 Å². The Labute approximate surface area is 116 Å². The lowest BCUT2D eigenvalue weighted by Gasteiger charge is -2.15. The van der Waals surface area contributed by atoms with Gasteiger partial charge in [-0.2, -0.15) is 0 Å². The number of alkyl halides is 3. The monoisotopic (exact) mass is 291 g/mol. The molecule has 3 nitrogen and oxygen atoms in total. The topological polar surface area (TPSA) is 44.5 Å². The fraction of sp³-hybridized carbons (Fsp3) is 0.571. The number of aryl methyl sites for hydroxylation is 1. The summed E-state index contributed by atoms with van der Waals surface area (Å²) in [5, 5.41) is 0. The van der Waals surface area contributed by atoms with Crippen molar-refractivity contribution >= 4 is 0 Å². The van der Waals surface area contributed by atoms with Gasteiger partial charge in [-0.15, -0.1) is 13.2 Å². The first-order chi connectivity index (χ1) is 9.31. The summed E-state index contributed by atoms with van der Waals surface area (Å²) in [4.78, 5) is 0. The highest BCUT2D eigenvalue weighted by molar-refractivity contribution is 5.37. The van der Waals surface area contributed by atoms with Gasteiger partial charge in [0, 0.05) is 6.04 Å². The van der Waals surface area contributed by atoms with E-state index < -0.39 is 13.0 Å². The molecule has 1 unspecified atom stereocenters. The van der Waals surface area contributed by atoms with Crippen molar-refractivity contribution in [3.8, 4) is 5.75 Å². The largest absolute Gasteiger partial charge is 0.522 e. The lowest BCUT2D eigenvalue weighted by molar-refractivity contribution is -0.325. The summed E-state index contributed by atoms with van der Waals surface area (Å²) in [5.74, 6) is 0.560. The Morgan fingerprint density at radius 1 is 1.25 bits per heavy atom. The third kappa shape index (κ3) is 6.25. The zero-order valence-electron chi connectivity index (χ0n) is 11.7. The quantitative estimate of drug-likeness (QED) is 0.785. The Hall–Kier alpha value is -1.27. The van der Waals surface area contributed by atoms with Crippen molar-refractivity contribution in [2.24, 2.45) is 5.73 Å². The molecule has 1 atom stereocenters. The van der Waals surface area contributed by atoms with Crippen molar-refractivity contribution in [3.05, 3.63) is 29.3 Å². The number of benzene rings is 1. The summed E-state index contributed by atoms with van der Waals surface area (Å²) in [6.45, 7) is 3.24. The molecule has 20 heavy (non-hydrogen) atoms. The average Bonchev–Trinajstić information content (AvgIpc) is 2.35. The molecule has 0 saturated carbocycles. The highest BCUT2D eigenvalue weighted by Crippen LogP contribution is 2.22. The van der Waals surface area contributed by atoms with Crippen LogP contribution in [0.4, 0.5) is 13.2 Å². The molecular formula is C14H20F3NO2. The molecule has 0 aliphatic heterocycles. The maximum atomic E-state index is 11.8. The summed E-state index contributed by atoms with van der Waals surface area (Å²) in [7, 11) is 0. The normalized spacial score (nSPS) is 13.3. The Kier molecular flexibility index (Phi) is 6.29. The first-order valence-corrected chi connectivity index (χ1v) is 6.50. The van der Waals surface area contributed by atoms with Crippen molar-refractivity contribution in [2.45, 2.75) is 39.1 Å². The van der Waals surface area contributed by atoms with Gasteiger partial charge < -0.3 is 10.5 Å². The molecule has 1 aromatic rings. The van der Waals surface area contributed by atoms with Gasteiger partial charge in [-0.3, -0.25) is 4.74 Å². The Morgan fingerprint density at radius 2 is 1.95 bits per heavy atom. The first-order valence-electron chi connectivity index (χ1n) is 6.50. The van der Waals surface area contributed by atoms with Gasteiger partial charge in [0.15, 0.2) is 0 Å². The highest BCUT2D eigenvalue weighted by atomic mass is 19.4. The van der Waals surface area contributed by atoms with Crippen LogP contribution in [-0.4, -0.2) is 25.6 Å². The van der Waals surface area contributed by atoms with E-state index in [1.165, 1.54) is 0 Å². The van der Waals surface area contributed by atoms with Crippen LogP contribution < -0.4 is 10.5 Å². The number of halogens is 3. The molecule has 114 valence electrons. The number of hydrogen-bond donors (Lipinski definition) is 1. The molecule has 0 aliphatic carbocycles. The molecule has 0 saturated heterocycles. The van der Waals surface area contributed by atoms with E-state index in [2.05, 4.69) is 4.74 Å². The van der Waals surface area contributed by atoms with Crippen LogP contribution in [0.1, 0.15) is 24.5 Å². The minimum atomic E-state index is -4.62. The van der Waals surface area contributed by atoms with Gasteiger partial charge in [-0.05, 0) is 31.4 Å². The summed E-state index contributed by atoms with van der Waals surface area (Å²) in [5.41, 5.74) is 7.87. The molecule has 0 fully saturated rings. The smallest absolute Gasteiger partial charge is 0.491 e. The summed E-state index contributed by atoms with van der Waals surface area (Å²) in [6, 6.07) is 5.54. The van der Waals surface area contributed by atoms with Crippen molar-refractivity contribution in [2.75, 3.05) is 13.2 Å². The minimum Gasteiger partial charge on any atom is -0.491 e. The molecule has 0 heterocycles. The SMILES string of the molecule is CCC(N)Cc1cc(C)ccc1OCCOC(F)(F)F. The van der Waals surface area contributed by atoms with E-state index in [0.717, 1.165) is 17.5 Å². The molecule has 1 rings (SSSR count). The molecule has 2 N–H and O–H groups in total. The molecule has 1 aromatic carbocycles. The van der Waals surface area contributed by atoms with Crippen molar-refractivity contribution in [1.29, 1.82) is 0 Å². The third-order valence-electron chi connectivity index (χ3n) is 2.83. The lowest BCUT2D eigenvalue weighted by atomic mass is 10.0. The van der Waals surface area contributed by atoms with E-state index >= 15 is 0 Å². The van der Waals surface area contributed by atoms with Crippen molar-refractivity contribution < 1.29 is 22.6 Å². The molecule has 0 spiro atoms. The fourth-order valence-corrected chi connectivity index (χ4v) is 1.74. The number of rotatable bonds is 7. The summed E-state index contributed by atoms with van der Waals surface area (Å²) >= 11 is 0. The van der Waals surface area contributed by atoms with Crippen LogP contribution in [0.15, 0.2) is 18.2 Å². The molecule has 0 amide bonds. The summed E-state index contributed by atoms with van der Waals surface area (Å²) < 4.78 is 44.5. The Bertz CT molecular complexity index is 421. The highest BCUT2D eigenvalue weighted by Gasteiger charge is 2.28. The van der Waals surface area contributed by atoms with E-state index in [1.807, 2.05) is 26.0 Å². The molecule has 0 aliphatic rings. The number of hydrogen-bond acceptors (Lipinski definition) is 3. The molecule has 6 heteroatoms. The van der Waals surface area contributed by atoms with Crippen LogP contribution in [0.2, 0.25) is 0 Å². The molecule has 0 bridgehead atoms. The number of ether oxygens (including phenoxy) is 2. The minimum absolute atomic E-state index is 0.00516. The van der Waals surface area contributed by atoms with Gasteiger partial charge in [0.1, 0.15) is 12.4 Å². The predicted octanol–water partition coefficient (Wildman–Crippen LogP) is 3.19. The van der Waals surface area contributed by atoms with Crippen molar-refractivity contribution in [1.82, 2.24) is 0 Å². The molecular weight excluding hydrogens is 271 g/mol. The van der Waals surface area contributed by atoms with Crippen LogP contribution in [-0.2, 0) is 11.2 Å². The lowest BCUT2D eigenvalue weighted by Crippen LogP contribution is -2.22. The van der Waals surface area contributed by atoms with E-state index in [4.69, 9.17) is 10.5 Å². The average molecular weight is 291 g/mol. The van der Waals surface area contributed by atoms with Gasteiger partial charge in [-0.1, -0.05) is 24.6 Å².